The number of hydrogen-bond acceptors (Lipinski definition) is 6. The summed E-state index contributed by atoms with van der Waals surface area (Å²) >= 11 is 0. The molecule has 22 heavy (non-hydrogen) atoms. The summed E-state index contributed by atoms with van der Waals surface area (Å²) in [5.41, 5.74) is -0.359. The van der Waals surface area contributed by atoms with Gasteiger partial charge in [-0.1, -0.05) is 0 Å². The number of carbonyl (C=O) groups is 1. The lowest BCUT2D eigenvalue weighted by Crippen LogP contribution is -2.42. The predicted molar refractivity (Wildman–Crippen MR) is 82.4 cm³/mol. The second-order valence-corrected chi connectivity index (χ2v) is 5.45. The van der Waals surface area contributed by atoms with E-state index in [9.17, 15) is 9.59 Å². The van der Waals surface area contributed by atoms with Gasteiger partial charge >= 0.3 is 0 Å². The largest absolute Gasteiger partial charge is 0.373 e. The minimum atomic E-state index is -0.761. The first kappa shape index (κ1) is 14.1. The molecule has 0 spiro atoms. The first-order valence-electron chi connectivity index (χ1n) is 6.78. The van der Waals surface area contributed by atoms with Gasteiger partial charge in [-0.25, -0.2) is 9.97 Å². The molecule has 2 aromatic rings. The van der Waals surface area contributed by atoms with Gasteiger partial charge in [-0.05, 0) is 26.0 Å². The van der Waals surface area contributed by atoms with E-state index in [1.165, 1.54) is 10.9 Å². The maximum atomic E-state index is 12.6. The summed E-state index contributed by atoms with van der Waals surface area (Å²) in [5.74, 6) is 0.871. The molecule has 0 bridgehead atoms. The number of anilines is 3. The first-order chi connectivity index (χ1) is 10.4. The molecule has 3 heterocycles. The number of rotatable bonds is 3. The fourth-order valence-electron chi connectivity index (χ4n) is 2.46. The van der Waals surface area contributed by atoms with Gasteiger partial charge in [0.25, 0.3) is 11.5 Å². The van der Waals surface area contributed by atoms with Crippen LogP contribution in [0.25, 0.3) is 0 Å². The molecule has 3 N–H and O–H groups in total. The van der Waals surface area contributed by atoms with Crippen molar-refractivity contribution >= 4 is 23.2 Å². The van der Waals surface area contributed by atoms with E-state index in [2.05, 4.69) is 25.9 Å². The Morgan fingerprint density at radius 3 is 2.64 bits per heavy atom. The summed E-state index contributed by atoms with van der Waals surface area (Å²) in [7, 11) is 1.75. The maximum Gasteiger partial charge on any atom is 0.276 e. The fourth-order valence-corrected chi connectivity index (χ4v) is 2.46. The predicted octanol–water partition coefficient (Wildman–Crippen LogP) is 0.860. The lowest BCUT2D eigenvalue weighted by molar-refractivity contribution is 0.0935. The van der Waals surface area contributed by atoms with E-state index in [4.69, 9.17) is 0 Å². The van der Waals surface area contributed by atoms with Crippen LogP contribution in [-0.2, 0) is 5.66 Å². The zero-order chi connectivity index (χ0) is 15.9. The number of amides is 1. The lowest BCUT2D eigenvalue weighted by atomic mass is 10.2. The van der Waals surface area contributed by atoms with Crippen molar-refractivity contribution in [1.29, 1.82) is 0 Å². The number of pyridine rings is 1. The van der Waals surface area contributed by atoms with Crippen LogP contribution in [0.1, 0.15) is 24.3 Å². The van der Waals surface area contributed by atoms with Gasteiger partial charge in [-0.2, -0.15) is 0 Å². The van der Waals surface area contributed by atoms with Crippen molar-refractivity contribution in [2.24, 2.45) is 0 Å². The number of nitrogens with one attached hydrogen (secondary N) is 3. The number of fused-ring (bicyclic) bond motifs is 1. The first-order valence-corrected chi connectivity index (χ1v) is 6.78. The minimum absolute atomic E-state index is 0.256. The van der Waals surface area contributed by atoms with Crippen molar-refractivity contribution in [2.45, 2.75) is 19.5 Å². The number of nitrogens with zero attached hydrogens (tertiary/aromatic N) is 3. The van der Waals surface area contributed by atoms with E-state index in [0.717, 1.165) is 0 Å². The molecule has 0 radical (unpaired) electrons. The monoisotopic (exact) mass is 300 g/mol. The van der Waals surface area contributed by atoms with Crippen molar-refractivity contribution < 1.29 is 4.79 Å². The minimum Gasteiger partial charge on any atom is -0.373 e. The van der Waals surface area contributed by atoms with Crippen molar-refractivity contribution in [1.82, 2.24) is 19.9 Å². The Morgan fingerprint density at radius 2 is 1.91 bits per heavy atom. The highest BCUT2D eigenvalue weighted by Gasteiger charge is 2.35. The second-order valence-electron chi connectivity index (χ2n) is 5.45. The molecule has 0 aromatic carbocycles. The van der Waals surface area contributed by atoms with Crippen LogP contribution in [0.4, 0.5) is 17.3 Å². The topological polar surface area (TPSA) is 101 Å². The molecule has 0 fully saturated rings. The SMILES string of the molecule is CNc1cc(Nc2ccc3n(c2=O)C(C)(C)NC3=O)ncn1. The molecule has 8 heteroatoms. The zero-order valence-electron chi connectivity index (χ0n) is 12.5. The van der Waals surface area contributed by atoms with Gasteiger partial charge in [0.15, 0.2) is 0 Å². The molecule has 2 aromatic heterocycles. The van der Waals surface area contributed by atoms with Crippen LogP contribution in [-0.4, -0.2) is 27.5 Å². The summed E-state index contributed by atoms with van der Waals surface area (Å²) in [6, 6.07) is 4.89. The van der Waals surface area contributed by atoms with E-state index in [1.807, 2.05) is 0 Å². The second kappa shape index (κ2) is 4.83. The van der Waals surface area contributed by atoms with E-state index in [0.29, 0.717) is 23.0 Å². The van der Waals surface area contributed by atoms with Crippen LogP contribution in [0.5, 0.6) is 0 Å². The van der Waals surface area contributed by atoms with Gasteiger partial charge < -0.3 is 16.0 Å². The molecule has 1 amide bonds. The van der Waals surface area contributed by atoms with Crippen molar-refractivity contribution in [2.75, 3.05) is 17.7 Å². The molecule has 114 valence electrons. The Bertz CT molecular complexity index is 811. The fraction of sp³-hybridized carbons (Fsp3) is 0.286. The summed E-state index contributed by atoms with van der Waals surface area (Å²) in [6.45, 7) is 3.55. The number of hydrogen-bond donors (Lipinski definition) is 3. The van der Waals surface area contributed by atoms with E-state index >= 15 is 0 Å². The Labute approximate surface area is 126 Å². The molecule has 0 atom stereocenters. The standard InChI is InChI=1S/C14H16N6O2/c1-14(2)19-12(21)9-5-4-8(13(22)20(9)14)18-11-6-10(15-3)16-7-17-11/h4-7H,1-3H3,(H,19,21)(H2,15,16,17,18). The van der Waals surface area contributed by atoms with Crippen LogP contribution in [0.2, 0.25) is 0 Å². The summed E-state index contributed by atoms with van der Waals surface area (Å²) in [4.78, 5) is 32.6. The third kappa shape index (κ3) is 2.18. The van der Waals surface area contributed by atoms with E-state index < -0.39 is 5.66 Å². The highest BCUT2D eigenvalue weighted by atomic mass is 16.2. The molecule has 8 nitrogen and oxygen atoms in total. The Morgan fingerprint density at radius 1 is 1.18 bits per heavy atom. The normalized spacial score (nSPS) is 15.1. The average molecular weight is 300 g/mol. The highest BCUT2D eigenvalue weighted by molar-refractivity contribution is 5.95. The molecule has 1 aliphatic heterocycles. The van der Waals surface area contributed by atoms with Crippen LogP contribution in [0, 0.1) is 0 Å². The van der Waals surface area contributed by atoms with Crippen LogP contribution in [0.15, 0.2) is 29.3 Å². The Kier molecular flexibility index (Phi) is 3.09. The summed E-state index contributed by atoms with van der Waals surface area (Å²) in [6.07, 6.45) is 1.40. The zero-order valence-corrected chi connectivity index (χ0v) is 12.5. The highest BCUT2D eigenvalue weighted by Crippen LogP contribution is 2.22. The van der Waals surface area contributed by atoms with Crippen LogP contribution < -0.4 is 21.5 Å². The number of carbonyl (C=O) groups excluding carboxylic acids is 1. The molecular weight excluding hydrogens is 284 g/mol. The third-order valence-corrected chi connectivity index (χ3v) is 3.48. The van der Waals surface area contributed by atoms with Gasteiger partial charge in [0.05, 0.1) is 0 Å². The van der Waals surface area contributed by atoms with Gasteiger partial charge in [0.1, 0.15) is 35.0 Å². The van der Waals surface area contributed by atoms with Crippen molar-refractivity contribution in [3.8, 4) is 0 Å². The molecule has 0 aliphatic carbocycles. The molecule has 0 saturated heterocycles. The van der Waals surface area contributed by atoms with E-state index in [-0.39, 0.29) is 11.5 Å². The molecular formula is C14H16N6O2. The third-order valence-electron chi connectivity index (χ3n) is 3.48. The molecule has 1 aliphatic rings. The summed E-state index contributed by atoms with van der Waals surface area (Å²) in [5, 5.41) is 8.63. The quantitative estimate of drug-likeness (QED) is 0.777. The Balaban J connectivity index is 2.03. The number of aromatic nitrogens is 3. The smallest absolute Gasteiger partial charge is 0.276 e. The average Bonchev–Trinajstić information content (AvgIpc) is 2.72. The molecule has 0 saturated carbocycles. The lowest BCUT2D eigenvalue weighted by Gasteiger charge is -2.21. The molecule has 0 unspecified atom stereocenters. The molecule has 3 rings (SSSR count). The Hall–Kier alpha value is -2.90. The van der Waals surface area contributed by atoms with Gasteiger partial charge in [0.2, 0.25) is 0 Å². The maximum absolute atomic E-state index is 12.6. The van der Waals surface area contributed by atoms with E-state index in [1.54, 1.807) is 39.1 Å². The van der Waals surface area contributed by atoms with Gasteiger partial charge in [0, 0.05) is 13.1 Å². The van der Waals surface area contributed by atoms with Gasteiger partial charge in [-0.3, -0.25) is 14.2 Å². The van der Waals surface area contributed by atoms with Gasteiger partial charge in [-0.15, -0.1) is 0 Å². The van der Waals surface area contributed by atoms with Crippen LogP contribution in [0.3, 0.4) is 0 Å². The van der Waals surface area contributed by atoms with Crippen molar-refractivity contribution in [3.63, 3.8) is 0 Å². The van der Waals surface area contributed by atoms with Crippen LogP contribution >= 0.6 is 0 Å². The summed E-state index contributed by atoms with van der Waals surface area (Å²) < 4.78 is 1.44. The van der Waals surface area contributed by atoms with Crippen molar-refractivity contribution in [3.05, 3.63) is 40.6 Å².